The molecule has 0 aliphatic heterocycles. The zero-order valence-corrected chi connectivity index (χ0v) is 18.7. The average Bonchev–Trinajstić information content (AvgIpc) is 3.29. The molecule has 0 saturated heterocycles. The summed E-state index contributed by atoms with van der Waals surface area (Å²) >= 11 is 2.09. The number of thioether (sulfide) groups is 1. The van der Waals surface area contributed by atoms with E-state index in [9.17, 15) is 18.0 Å². The van der Waals surface area contributed by atoms with E-state index in [0.717, 1.165) is 29.3 Å². The van der Waals surface area contributed by atoms with E-state index in [4.69, 9.17) is 10.5 Å². The van der Waals surface area contributed by atoms with E-state index >= 15 is 0 Å². The number of aromatic nitrogens is 2. The lowest BCUT2D eigenvalue weighted by molar-refractivity contribution is -0.113. The summed E-state index contributed by atoms with van der Waals surface area (Å²) in [5, 5.41) is 4.51. The lowest BCUT2D eigenvalue weighted by Crippen LogP contribution is -2.15. The van der Waals surface area contributed by atoms with Crippen molar-refractivity contribution in [3.63, 3.8) is 0 Å². The van der Waals surface area contributed by atoms with Crippen LogP contribution in [-0.4, -0.2) is 42.6 Å². The van der Waals surface area contributed by atoms with Gasteiger partial charge in [-0.3, -0.25) is 4.79 Å². The van der Waals surface area contributed by atoms with E-state index in [1.165, 1.54) is 6.07 Å². The van der Waals surface area contributed by atoms with Crippen LogP contribution in [0.4, 0.5) is 11.5 Å². The van der Waals surface area contributed by atoms with Gasteiger partial charge in [-0.1, -0.05) is 17.8 Å². The Morgan fingerprint density at radius 1 is 1.23 bits per heavy atom. The Morgan fingerprint density at radius 2 is 1.97 bits per heavy atom. The fourth-order valence-electron chi connectivity index (χ4n) is 2.40. The highest BCUT2D eigenvalue weighted by Gasteiger charge is 2.23. The number of esters is 1. The number of anilines is 2. The highest BCUT2D eigenvalue weighted by atomic mass is 32.2. The Hall–Kier alpha value is -2.96. The normalized spacial score (nSPS) is 11.1. The predicted octanol–water partition coefficient (Wildman–Crippen LogP) is 2.86. The molecular weight excluding hydrogens is 460 g/mol. The van der Waals surface area contributed by atoms with Gasteiger partial charge in [-0.2, -0.15) is 0 Å². The van der Waals surface area contributed by atoms with Crippen LogP contribution in [0.25, 0.3) is 0 Å². The van der Waals surface area contributed by atoms with Crippen LogP contribution in [0.2, 0.25) is 0 Å². The number of carbonyl (C=O) groups is 2. The number of nitrogens with one attached hydrogen (secondary N) is 1. The van der Waals surface area contributed by atoms with Gasteiger partial charge in [-0.15, -0.1) is 11.3 Å². The van der Waals surface area contributed by atoms with Crippen LogP contribution in [0.5, 0.6) is 0 Å². The summed E-state index contributed by atoms with van der Waals surface area (Å²) in [5.74, 6) is -0.960. The van der Waals surface area contributed by atoms with E-state index in [-0.39, 0.29) is 38.3 Å². The zero-order chi connectivity index (χ0) is 22.4. The highest BCUT2D eigenvalue weighted by Crippen LogP contribution is 2.28. The third-order valence-electron chi connectivity index (χ3n) is 3.82. The van der Waals surface area contributed by atoms with Crippen molar-refractivity contribution >= 4 is 56.3 Å². The molecule has 0 atom stereocenters. The summed E-state index contributed by atoms with van der Waals surface area (Å²) in [5.41, 5.74) is 6.72. The summed E-state index contributed by atoms with van der Waals surface area (Å²) in [4.78, 5) is 31.6. The monoisotopic (exact) mass is 478 g/mol. The first-order chi connectivity index (χ1) is 14.8. The number of nitrogen functional groups attached to an aromatic ring is 1. The molecule has 3 N–H and O–H groups in total. The predicted molar refractivity (Wildman–Crippen MR) is 118 cm³/mol. The standard InChI is InChI=1S/C19H18N4O5S3/c1-2-28-18(25)12-5-7-13(8-6-12)22-15(24)11-30-19-21-10-14(17(20)23-19)31(26,27)16-4-3-9-29-16/h3-10H,2,11H2,1H3,(H,22,24)(H2,20,21,23). The maximum Gasteiger partial charge on any atom is 0.338 e. The number of ether oxygens (including phenoxy) is 1. The SMILES string of the molecule is CCOC(=O)c1ccc(NC(=O)CSc2ncc(S(=O)(=O)c3cccs3)c(N)n2)cc1. The van der Waals surface area contributed by atoms with Crippen LogP contribution in [0.1, 0.15) is 17.3 Å². The lowest BCUT2D eigenvalue weighted by Gasteiger charge is -2.08. The second kappa shape index (κ2) is 9.90. The van der Waals surface area contributed by atoms with Crippen molar-refractivity contribution in [2.45, 2.75) is 21.2 Å². The number of hydrogen-bond acceptors (Lipinski definition) is 10. The molecule has 0 spiro atoms. The quantitative estimate of drug-likeness (QED) is 0.284. The van der Waals surface area contributed by atoms with Crippen LogP contribution in [0.15, 0.2) is 62.2 Å². The van der Waals surface area contributed by atoms with E-state index in [1.807, 2.05) is 0 Å². The molecule has 1 amide bonds. The molecule has 0 fully saturated rings. The minimum atomic E-state index is -3.78. The van der Waals surface area contributed by atoms with Crippen LogP contribution >= 0.6 is 23.1 Å². The summed E-state index contributed by atoms with van der Waals surface area (Å²) in [7, 11) is -3.78. The first-order valence-corrected chi connectivity index (χ1v) is 12.3. The Morgan fingerprint density at radius 3 is 2.58 bits per heavy atom. The van der Waals surface area contributed by atoms with E-state index in [1.54, 1.807) is 42.6 Å². The third-order valence-corrected chi connectivity index (χ3v) is 7.85. The van der Waals surface area contributed by atoms with Crippen molar-refractivity contribution in [3.05, 3.63) is 53.5 Å². The van der Waals surface area contributed by atoms with Crippen LogP contribution < -0.4 is 11.1 Å². The van der Waals surface area contributed by atoms with E-state index < -0.39 is 15.8 Å². The molecule has 0 saturated carbocycles. The minimum Gasteiger partial charge on any atom is -0.462 e. The van der Waals surface area contributed by atoms with Gasteiger partial charge in [0.2, 0.25) is 15.7 Å². The van der Waals surface area contributed by atoms with E-state index in [2.05, 4.69) is 15.3 Å². The smallest absolute Gasteiger partial charge is 0.338 e. The fourth-order valence-corrected chi connectivity index (χ4v) is 5.40. The molecule has 3 rings (SSSR count). The second-order valence-corrected chi connectivity index (χ2v) is 10.0. The molecule has 9 nitrogen and oxygen atoms in total. The molecule has 0 aliphatic rings. The second-order valence-electron chi connectivity index (χ2n) is 5.97. The molecule has 3 aromatic rings. The average molecular weight is 479 g/mol. The molecule has 31 heavy (non-hydrogen) atoms. The number of nitrogens with zero attached hydrogens (tertiary/aromatic N) is 2. The third kappa shape index (κ3) is 5.60. The molecule has 12 heteroatoms. The summed E-state index contributed by atoms with van der Waals surface area (Å²) in [6.45, 7) is 2.00. The number of carbonyl (C=O) groups excluding carboxylic acids is 2. The summed E-state index contributed by atoms with van der Waals surface area (Å²) < 4.78 is 30.2. The summed E-state index contributed by atoms with van der Waals surface area (Å²) in [6, 6.07) is 9.39. The molecule has 0 unspecified atom stereocenters. The molecule has 0 radical (unpaired) electrons. The van der Waals surface area contributed by atoms with Crippen LogP contribution in [-0.2, 0) is 19.4 Å². The van der Waals surface area contributed by atoms with Gasteiger partial charge in [0.1, 0.15) is 14.9 Å². The van der Waals surface area contributed by atoms with Gasteiger partial charge in [-0.25, -0.2) is 23.2 Å². The first kappa shape index (κ1) is 22.7. The van der Waals surface area contributed by atoms with Gasteiger partial charge < -0.3 is 15.8 Å². The number of rotatable bonds is 8. The molecule has 162 valence electrons. The highest BCUT2D eigenvalue weighted by molar-refractivity contribution is 7.99. The Balaban J connectivity index is 1.59. The number of hydrogen-bond donors (Lipinski definition) is 2. The van der Waals surface area contributed by atoms with E-state index in [0.29, 0.717) is 11.3 Å². The summed E-state index contributed by atoms with van der Waals surface area (Å²) in [6.07, 6.45) is 1.14. The van der Waals surface area contributed by atoms with Crippen molar-refractivity contribution in [1.82, 2.24) is 9.97 Å². The molecule has 2 heterocycles. The van der Waals surface area contributed by atoms with Gasteiger partial charge in [0, 0.05) is 5.69 Å². The number of thiophene rings is 1. The first-order valence-electron chi connectivity index (χ1n) is 8.92. The van der Waals surface area contributed by atoms with Crippen molar-refractivity contribution < 1.29 is 22.7 Å². The van der Waals surface area contributed by atoms with Gasteiger partial charge in [0.15, 0.2) is 5.16 Å². The van der Waals surface area contributed by atoms with Gasteiger partial charge in [0.25, 0.3) is 0 Å². The minimum absolute atomic E-state index is 0.0178. The Bertz CT molecular complexity index is 1180. The molecule has 0 bridgehead atoms. The topological polar surface area (TPSA) is 141 Å². The molecular formula is C19H18N4O5S3. The van der Waals surface area contributed by atoms with Gasteiger partial charge >= 0.3 is 5.97 Å². The van der Waals surface area contributed by atoms with Crippen molar-refractivity contribution in [3.8, 4) is 0 Å². The largest absolute Gasteiger partial charge is 0.462 e. The number of amides is 1. The maximum absolute atomic E-state index is 12.5. The van der Waals surface area contributed by atoms with Crippen LogP contribution in [0, 0.1) is 0 Å². The lowest BCUT2D eigenvalue weighted by atomic mass is 10.2. The maximum atomic E-state index is 12.5. The number of sulfone groups is 1. The Kier molecular flexibility index (Phi) is 7.25. The van der Waals surface area contributed by atoms with Crippen molar-refractivity contribution in [2.24, 2.45) is 0 Å². The van der Waals surface area contributed by atoms with Crippen molar-refractivity contribution in [2.75, 3.05) is 23.4 Å². The fraction of sp³-hybridized carbons (Fsp3) is 0.158. The zero-order valence-electron chi connectivity index (χ0n) is 16.3. The molecule has 1 aromatic carbocycles. The molecule has 0 aliphatic carbocycles. The van der Waals surface area contributed by atoms with Gasteiger partial charge in [0.05, 0.1) is 24.1 Å². The number of nitrogens with two attached hydrogens (primary N) is 1. The van der Waals surface area contributed by atoms with Gasteiger partial charge in [-0.05, 0) is 42.6 Å². The molecule has 2 aromatic heterocycles. The van der Waals surface area contributed by atoms with Crippen molar-refractivity contribution in [1.29, 1.82) is 0 Å². The number of benzene rings is 1. The Labute approximate surface area is 187 Å². The van der Waals surface area contributed by atoms with Crippen LogP contribution in [0.3, 0.4) is 0 Å².